The van der Waals surface area contributed by atoms with E-state index >= 15 is 0 Å². The van der Waals surface area contributed by atoms with Gasteiger partial charge in [-0.2, -0.15) is 0 Å². The second kappa shape index (κ2) is 7.11. The molecule has 1 saturated carbocycles. The molecule has 1 aliphatic carbocycles. The number of amides is 2. The predicted molar refractivity (Wildman–Crippen MR) is 81.4 cm³/mol. The first-order chi connectivity index (χ1) is 10.0. The van der Waals surface area contributed by atoms with Crippen LogP contribution < -0.4 is 10.6 Å². The molecular weight excluding hydrogens is 268 g/mol. The lowest BCUT2D eigenvalue weighted by molar-refractivity contribution is -0.136. The number of anilines is 1. The Morgan fingerprint density at radius 1 is 1.24 bits per heavy atom. The number of nitrogens with one attached hydrogen (secondary N) is 2. The van der Waals surface area contributed by atoms with Crippen LogP contribution in [0.1, 0.15) is 38.2 Å². The number of rotatable bonds is 5. The summed E-state index contributed by atoms with van der Waals surface area (Å²) in [5, 5.41) is 14.5. The molecule has 0 saturated heterocycles. The highest BCUT2D eigenvalue weighted by Crippen LogP contribution is 2.27. The molecule has 0 spiro atoms. The molecule has 114 valence electrons. The monoisotopic (exact) mass is 290 g/mol. The lowest BCUT2D eigenvalue weighted by Gasteiger charge is -2.20. The highest BCUT2D eigenvalue weighted by molar-refractivity contribution is 5.89. The molecule has 0 bridgehead atoms. The zero-order valence-corrected chi connectivity index (χ0v) is 12.3. The van der Waals surface area contributed by atoms with Gasteiger partial charge in [-0.25, -0.2) is 4.79 Å². The van der Waals surface area contributed by atoms with Crippen molar-refractivity contribution in [3.05, 3.63) is 29.8 Å². The lowest BCUT2D eigenvalue weighted by Crippen LogP contribution is -2.39. The number of carbonyl (C=O) groups excluding carboxylic acids is 1. The van der Waals surface area contributed by atoms with Gasteiger partial charge in [0, 0.05) is 11.7 Å². The van der Waals surface area contributed by atoms with E-state index in [1.54, 1.807) is 24.3 Å². The summed E-state index contributed by atoms with van der Waals surface area (Å²) in [6.45, 7) is 2.05. The molecule has 21 heavy (non-hydrogen) atoms. The van der Waals surface area contributed by atoms with Crippen molar-refractivity contribution in [2.24, 2.45) is 5.92 Å². The van der Waals surface area contributed by atoms with Gasteiger partial charge in [0.15, 0.2) is 0 Å². The molecule has 0 aromatic heterocycles. The second-order valence-corrected chi connectivity index (χ2v) is 5.70. The molecule has 0 heterocycles. The molecule has 5 nitrogen and oxygen atoms in total. The summed E-state index contributed by atoms with van der Waals surface area (Å²) in [4.78, 5) is 22.5. The van der Waals surface area contributed by atoms with Crippen LogP contribution >= 0.6 is 0 Å². The summed E-state index contributed by atoms with van der Waals surface area (Å²) in [5.74, 6) is -0.285. The summed E-state index contributed by atoms with van der Waals surface area (Å²) in [7, 11) is 0. The number of benzene rings is 1. The fraction of sp³-hybridized carbons (Fsp3) is 0.500. The van der Waals surface area contributed by atoms with E-state index in [9.17, 15) is 9.59 Å². The van der Waals surface area contributed by atoms with Crippen molar-refractivity contribution in [3.63, 3.8) is 0 Å². The zero-order valence-electron chi connectivity index (χ0n) is 12.3. The number of carbonyl (C=O) groups is 2. The van der Waals surface area contributed by atoms with Crippen molar-refractivity contribution >= 4 is 17.7 Å². The van der Waals surface area contributed by atoms with Crippen LogP contribution in [0.15, 0.2) is 24.3 Å². The van der Waals surface area contributed by atoms with Gasteiger partial charge in [-0.3, -0.25) is 4.79 Å². The van der Waals surface area contributed by atoms with Crippen LogP contribution in [0.3, 0.4) is 0 Å². The van der Waals surface area contributed by atoms with Crippen LogP contribution in [-0.4, -0.2) is 23.1 Å². The standard InChI is InChI=1S/C16H22N2O3/c1-11(13-4-2-3-5-13)17-16(21)18-14-8-6-12(7-9-14)10-15(19)20/h6-9,11,13H,2-5,10H2,1H3,(H,19,20)(H2,17,18,21). The van der Waals surface area contributed by atoms with Gasteiger partial charge in [-0.05, 0) is 43.4 Å². The van der Waals surface area contributed by atoms with Crippen molar-refractivity contribution in [2.45, 2.75) is 45.1 Å². The van der Waals surface area contributed by atoms with Gasteiger partial charge < -0.3 is 15.7 Å². The van der Waals surface area contributed by atoms with Crippen LogP contribution in [-0.2, 0) is 11.2 Å². The Kier molecular flexibility index (Phi) is 5.20. The molecule has 1 unspecified atom stereocenters. The smallest absolute Gasteiger partial charge is 0.319 e. The minimum Gasteiger partial charge on any atom is -0.481 e. The molecule has 1 atom stereocenters. The molecule has 1 aromatic rings. The van der Waals surface area contributed by atoms with Gasteiger partial charge in [0.2, 0.25) is 0 Å². The number of carboxylic acids is 1. The van der Waals surface area contributed by atoms with E-state index < -0.39 is 5.97 Å². The minimum absolute atomic E-state index is 0.00874. The number of carboxylic acid groups (broad SMARTS) is 1. The number of hydrogen-bond donors (Lipinski definition) is 3. The summed E-state index contributed by atoms with van der Waals surface area (Å²) < 4.78 is 0. The highest BCUT2D eigenvalue weighted by atomic mass is 16.4. The van der Waals surface area contributed by atoms with E-state index in [4.69, 9.17) is 5.11 Å². The Bertz CT molecular complexity index is 493. The molecule has 0 radical (unpaired) electrons. The van der Waals surface area contributed by atoms with E-state index in [-0.39, 0.29) is 18.5 Å². The maximum atomic E-state index is 11.9. The van der Waals surface area contributed by atoms with Gasteiger partial charge in [0.1, 0.15) is 0 Å². The van der Waals surface area contributed by atoms with E-state index in [1.165, 1.54) is 25.7 Å². The predicted octanol–water partition coefficient (Wildman–Crippen LogP) is 3.01. The van der Waals surface area contributed by atoms with Crippen molar-refractivity contribution in [1.29, 1.82) is 0 Å². The van der Waals surface area contributed by atoms with Crippen molar-refractivity contribution in [3.8, 4) is 0 Å². The van der Waals surface area contributed by atoms with Crippen LogP contribution in [0.4, 0.5) is 10.5 Å². The normalized spacial score (nSPS) is 16.4. The van der Waals surface area contributed by atoms with Crippen LogP contribution in [0.2, 0.25) is 0 Å². The largest absolute Gasteiger partial charge is 0.481 e. The Morgan fingerprint density at radius 2 is 1.86 bits per heavy atom. The lowest BCUT2D eigenvalue weighted by atomic mass is 10.0. The molecule has 1 aromatic carbocycles. The zero-order chi connectivity index (χ0) is 15.2. The molecular formula is C16H22N2O3. The Morgan fingerprint density at radius 3 is 2.43 bits per heavy atom. The first-order valence-corrected chi connectivity index (χ1v) is 7.43. The van der Waals surface area contributed by atoms with E-state index in [0.717, 1.165) is 0 Å². The van der Waals surface area contributed by atoms with Gasteiger partial charge in [-0.15, -0.1) is 0 Å². The first kappa shape index (κ1) is 15.4. The minimum atomic E-state index is -0.862. The third-order valence-electron chi connectivity index (χ3n) is 4.03. The molecule has 0 aliphatic heterocycles. The van der Waals surface area contributed by atoms with Gasteiger partial charge in [-0.1, -0.05) is 25.0 Å². The summed E-state index contributed by atoms with van der Waals surface area (Å²) >= 11 is 0. The topological polar surface area (TPSA) is 78.4 Å². The Hall–Kier alpha value is -2.04. The maximum Gasteiger partial charge on any atom is 0.319 e. The van der Waals surface area contributed by atoms with Crippen molar-refractivity contribution < 1.29 is 14.7 Å². The summed E-state index contributed by atoms with van der Waals surface area (Å²) in [6.07, 6.45) is 4.87. The SMILES string of the molecule is CC(NC(=O)Nc1ccc(CC(=O)O)cc1)C1CCCC1. The Balaban J connectivity index is 1.83. The fourth-order valence-corrected chi connectivity index (χ4v) is 2.83. The summed E-state index contributed by atoms with van der Waals surface area (Å²) in [6, 6.07) is 6.84. The average molecular weight is 290 g/mol. The van der Waals surface area contributed by atoms with Gasteiger partial charge in [0.05, 0.1) is 6.42 Å². The number of aliphatic carboxylic acids is 1. The molecule has 1 aliphatic rings. The molecule has 2 amide bonds. The third-order valence-corrected chi connectivity index (χ3v) is 4.03. The second-order valence-electron chi connectivity index (χ2n) is 5.70. The molecule has 3 N–H and O–H groups in total. The van der Waals surface area contributed by atoms with E-state index in [0.29, 0.717) is 17.2 Å². The number of urea groups is 1. The van der Waals surface area contributed by atoms with Gasteiger partial charge >= 0.3 is 12.0 Å². The Labute approximate surface area is 124 Å². The van der Waals surface area contributed by atoms with Crippen LogP contribution in [0, 0.1) is 5.92 Å². The highest BCUT2D eigenvalue weighted by Gasteiger charge is 2.22. The molecule has 5 heteroatoms. The van der Waals surface area contributed by atoms with Crippen LogP contribution in [0.25, 0.3) is 0 Å². The first-order valence-electron chi connectivity index (χ1n) is 7.43. The number of hydrogen-bond acceptors (Lipinski definition) is 2. The fourth-order valence-electron chi connectivity index (χ4n) is 2.83. The average Bonchev–Trinajstić information content (AvgIpc) is 2.94. The molecule has 2 rings (SSSR count). The quantitative estimate of drug-likeness (QED) is 0.780. The van der Waals surface area contributed by atoms with Crippen LogP contribution in [0.5, 0.6) is 0 Å². The maximum absolute atomic E-state index is 11.9. The van der Waals surface area contributed by atoms with Crippen molar-refractivity contribution in [2.75, 3.05) is 5.32 Å². The van der Waals surface area contributed by atoms with E-state index in [2.05, 4.69) is 10.6 Å². The molecule has 1 fully saturated rings. The summed E-state index contributed by atoms with van der Waals surface area (Å²) in [5.41, 5.74) is 1.38. The van der Waals surface area contributed by atoms with E-state index in [1.807, 2.05) is 6.92 Å². The van der Waals surface area contributed by atoms with Crippen molar-refractivity contribution in [1.82, 2.24) is 5.32 Å². The third kappa shape index (κ3) is 4.77. The van der Waals surface area contributed by atoms with Gasteiger partial charge in [0.25, 0.3) is 0 Å².